The fourth-order valence-electron chi connectivity index (χ4n) is 1.70. The molecule has 0 aliphatic heterocycles. The van der Waals surface area contributed by atoms with Crippen molar-refractivity contribution < 1.29 is 8.78 Å². The molecule has 2 aromatic rings. The molecule has 1 atom stereocenters. The number of alkyl halides is 1. The molecule has 0 fully saturated rings. The molecule has 1 unspecified atom stereocenters. The van der Waals surface area contributed by atoms with Crippen molar-refractivity contribution in [2.45, 2.75) is 11.2 Å². The maximum absolute atomic E-state index is 13.6. The van der Waals surface area contributed by atoms with Crippen molar-refractivity contribution in [3.05, 3.63) is 70.2 Å². The van der Waals surface area contributed by atoms with Crippen molar-refractivity contribution in [3.8, 4) is 0 Å². The highest BCUT2D eigenvalue weighted by Crippen LogP contribution is 2.31. The Morgan fingerprint density at radius 2 is 1.72 bits per heavy atom. The summed E-state index contributed by atoms with van der Waals surface area (Å²) in [5, 5.41) is 0.404. The average Bonchev–Trinajstić information content (AvgIpc) is 2.34. The molecule has 0 bridgehead atoms. The zero-order valence-corrected chi connectivity index (χ0v) is 11.7. The number of benzene rings is 2. The second-order valence-corrected chi connectivity index (χ2v) is 5.44. The molecule has 94 valence electrons. The van der Waals surface area contributed by atoms with Gasteiger partial charge in [0.15, 0.2) is 0 Å². The van der Waals surface area contributed by atoms with Crippen LogP contribution in [0.1, 0.15) is 16.0 Å². The summed E-state index contributed by atoms with van der Waals surface area (Å²) in [4.78, 5) is -0.104. The molecule has 2 rings (SSSR count). The Morgan fingerprint density at radius 1 is 1.06 bits per heavy atom. The fourth-order valence-corrected chi connectivity index (χ4v) is 2.57. The highest BCUT2D eigenvalue weighted by Gasteiger charge is 2.14. The fraction of sp³-hybridized carbons (Fsp3) is 0.143. The van der Waals surface area contributed by atoms with Gasteiger partial charge >= 0.3 is 0 Å². The summed E-state index contributed by atoms with van der Waals surface area (Å²) in [6.45, 7) is 0. The van der Waals surface area contributed by atoms with Crippen molar-refractivity contribution >= 4 is 27.5 Å². The van der Waals surface area contributed by atoms with Gasteiger partial charge in [-0.15, -0.1) is 0 Å². The minimum atomic E-state index is -0.325. The monoisotopic (exact) mass is 330 g/mol. The second kappa shape index (κ2) is 5.81. The van der Waals surface area contributed by atoms with Crippen LogP contribution in [0.5, 0.6) is 0 Å². The first-order valence-electron chi connectivity index (χ1n) is 5.40. The number of halogens is 4. The highest BCUT2D eigenvalue weighted by molar-refractivity contribution is 9.09. The molecule has 4 heteroatoms. The Labute approximate surface area is 118 Å². The second-order valence-electron chi connectivity index (χ2n) is 3.92. The zero-order valence-electron chi connectivity index (χ0n) is 9.34. The van der Waals surface area contributed by atoms with Crippen LogP contribution >= 0.6 is 27.5 Å². The Hall–Kier alpha value is -0.930. The normalized spacial score (nSPS) is 12.4. The third-order valence-corrected chi connectivity index (χ3v) is 3.88. The van der Waals surface area contributed by atoms with Crippen molar-refractivity contribution in [2.24, 2.45) is 0 Å². The van der Waals surface area contributed by atoms with E-state index in [9.17, 15) is 8.78 Å². The molecule has 0 saturated heterocycles. The van der Waals surface area contributed by atoms with Gasteiger partial charge in [-0.25, -0.2) is 8.78 Å². The lowest BCUT2D eigenvalue weighted by Gasteiger charge is -2.12. The molecule has 0 saturated carbocycles. The van der Waals surface area contributed by atoms with Crippen LogP contribution in [0.15, 0.2) is 42.5 Å². The van der Waals surface area contributed by atoms with Gasteiger partial charge in [-0.05, 0) is 36.2 Å². The van der Waals surface area contributed by atoms with Gasteiger partial charge < -0.3 is 0 Å². The molecule has 0 aliphatic rings. The zero-order chi connectivity index (χ0) is 13.1. The number of hydrogen-bond acceptors (Lipinski definition) is 0. The summed E-state index contributed by atoms with van der Waals surface area (Å²) in [7, 11) is 0. The summed E-state index contributed by atoms with van der Waals surface area (Å²) in [5.74, 6) is -0.614. The third-order valence-electron chi connectivity index (χ3n) is 2.68. The average molecular weight is 332 g/mol. The molecule has 2 aromatic carbocycles. The topological polar surface area (TPSA) is 0 Å². The van der Waals surface area contributed by atoms with Crippen LogP contribution in [0.3, 0.4) is 0 Å². The van der Waals surface area contributed by atoms with Crippen LogP contribution in [0.2, 0.25) is 5.02 Å². The van der Waals surface area contributed by atoms with E-state index < -0.39 is 0 Å². The lowest BCUT2D eigenvalue weighted by Crippen LogP contribution is -1.99. The molecule has 0 heterocycles. The van der Waals surface area contributed by atoms with Gasteiger partial charge in [0.1, 0.15) is 11.6 Å². The first-order valence-corrected chi connectivity index (χ1v) is 6.69. The van der Waals surface area contributed by atoms with Gasteiger partial charge in [0, 0.05) is 15.4 Å². The van der Waals surface area contributed by atoms with E-state index in [-0.39, 0.29) is 16.5 Å². The predicted octanol–water partition coefficient (Wildman–Crippen LogP) is 5.30. The molecular formula is C14H10BrClF2. The van der Waals surface area contributed by atoms with E-state index in [0.29, 0.717) is 17.0 Å². The van der Waals surface area contributed by atoms with Crippen molar-refractivity contribution in [1.29, 1.82) is 0 Å². The standard InChI is InChI=1S/C14H10BrClF2/c15-12(9-4-6-10(17)7-5-9)8-11-13(16)2-1-3-14(11)18/h1-7,12H,8H2. The molecule has 0 nitrogen and oxygen atoms in total. The summed E-state index contributed by atoms with van der Waals surface area (Å²) >= 11 is 9.43. The third kappa shape index (κ3) is 3.09. The van der Waals surface area contributed by atoms with E-state index in [2.05, 4.69) is 15.9 Å². The quantitative estimate of drug-likeness (QED) is 0.670. The lowest BCUT2D eigenvalue weighted by molar-refractivity contribution is 0.608. The minimum absolute atomic E-state index is 0.104. The Morgan fingerprint density at radius 3 is 2.33 bits per heavy atom. The highest BCUT2D eigenvalue weighted by atomic mass is 79.9. The van der Waals surface area contributed by atoms with Gasteiger partial charge in [-0.2, -0.15) is 0 Å². The van der Waals surface area contributed by atoms with E-state index in [1.54, 1.807) is 24.3 Å². The van der Waals surface area contributed by atoms with Gasteiger partial charge in [0.05, 0.1) is 0 Å². The van der Waals surface area contributed by atoms with Crippen LogP contribution in [0, 0.1) is 11.6 Å². The lowest BCUT2D eigenvalue weighted by atomic mass is 10.0. The largest absolute Gasteiger partial charge is 0.207 e. The van der Waals surface area contributed by atoms with E-state index in [1.807, 2.05) is 0 Å². The molecule has 0 radical (unpaired) electrons. The van der Waals surface area contributed by atoms with Gasteiger partial charge in [0.2, 0.25) is 0 Å². The molecule has 0 aliphatic carbocycles. The smallest absolute Gasteiger partial charge is 0.127 e. The Bertz CT molecular complexity index is 520. The SMILES string of the molecule is Fc1ccc(C(Br)Cc2c(F)cccc2Cl)cc1. The maximum Gasteiger partial charge on any atom is 0.127 e. The van der Waals surface area contributed by atoms with Crippen LogP contribution in [0.25, 0.3) is 0 Å². The van der Waals surface area contributed by atoms with Crippen molar-refractivity contribution in [2.75, 3.05) is 0 Å². The number of hydrogen-bond donors (Lipinski definition) is 0. The summed E-state index contributed by atoms with van der Waals surface area (Å²) in [5.41, 5.74) is 1.35. The molecule has 0 aromatic heterocycles. The van der Waals surface area contributed by atoms with E-state index in [0.717, 1.165) is 5.56 Å². The van der Waals surface area contributed by atoms with E-state index in [1.165, 1.54) is 18.2 Å². The molecular weight excluding hydrogens is 322 g/mol. The van der Waals surface area contributed by atoms with Crippen molar-refractivity contribution in [3.63, 3.8) is 0 Å². The molecule has 18 heavy (non-hydrogen) atoms. The molecule has 0 spiro atoms. The summed E-state index contributed by atoms with van der Waals surface area (Å²) in [6.07, 6.45) is 0.414. The van der Waals surface area contributed by atoms with Gasteiger partial charge in [-0.1, -0.05) is 45.7 Å². The van der Waals surface area contributed by atoms with Crippen LogP contribution in [-0.4, -0.2) is 0 Å². The van der Waals surface area contributed by atoms with E-state index >= 15 is 0 Å². The van der Waals surface area contributed by atoms with Crippen LogP contribution in [0.4, 0.5) is 8.78 Å². The first-order chi connectivity index (χ1) is 8.58. The first kappa shape index (κ1) is 13.5. The van der Waals surface area contributed by atoms with Gasteiger partial charge in [-0.3, -0.25) is 0 Å². The van der Waals surface area contributed by atoms with Crippen molar-refractivity contribution in [1.82, 2.24) is 0 Å². The van der Waals surface area contributed by atoms with E-state index in [4.69, 9.17) is 11.6 Å². The molecule has 0 N–H and O–H groups in total. The Kier molecular flexibility index (Phi) is 4.36. The number of rotatable bonds is 3. The minimum Gasteiger partial charge on any atom is -0.207 e. The van der Waals surface area contributed by atoms with Crippen LogP contribution < -0.4 is 0 Å². The Balaban J connectivity index is 2.21. The summed E-state index contributed by atoms with van der Waals surface area (Å²) in [6, 6.07) is 10.7. The summed E-state index contributed by atoms with van der Waals surface area (Å²) < 4.78 is 26.4. The maximum atomic E-state index is 13.6. The molecule has 0 amide bonds. The van der Waals surface area contributed by atoms with Crippen LogP contribution in [-0.2, 0) is 6.42 Å². The predicted molar refractivity (Wildman–Crippen MR) is 73.2 cm³/mol. The van der Waals surface area contributed by atoms with Gasteiger partial charge in [0.25, 0.3) is 0 Å².